The predicted octanol–water partition coefficient (Wildman–Crippen LogP) is 1.28. The Kier molecular flexibility index (Phi) is 4.80. The molecule has 0 aromatic rings. The van der Waals surface area contributed by atoms with Gasteiger partial charge in [0.2, 0.25) is 0 Å². The van der Waals surface area contributed by atoms with Gasteiger partial charge < -0.3 is 4.74 Å². The molecule has 6 nitrogen and oxygen atoms in total. The van der Waals surface area contributed by atoms with Gasteiger partial charge in [0, 0.05) is 11.1 Å². The molecule has 0 aliphatic carbocycles. The van der Waals surface area contributed by atoms with Crippen molar-refractivity contribution in [1.29, 1.82) is 0 Å². The lowest BCUT2D eigenvalue weighted by molar-refractivity contribution is -0.238. The molecule has 0 bridgehead atoms. The fraction of sp³-hybridized carbons (Fsp3) is 0.222. The molecule has 0 aromatic carbocycles. The highest BCUT2D eigenvalue weighted by Gasteiger charge is 2.15. The van der Waals surface area contributed by atoms with Crippen molar-refractivity contribution in [2.45, 2.75) is 13.8 Å². The van der Waals surface area contributed by atoms with Crippen molar-refractivity contribution < 1.29 is 28.9 Å². The van der Waals surface area contributed by atoms with E-state index >= 15 is 0 Å². The molecule has 15 heavy (non-hydrogen) atoms. The van der Waals surface area contributed by atoms with Crippen LogP contribution in [0.25, 0.3) is 0 Å². The zero-order valence-corrected chi connectivity index (χ0v) is 8.36. The Morgan fingerprint density at radius 3 is 1.73 bits per heavy atom. The van der Waals surface area contributed by atoms with Gasteiger partial charge in [0.05, 0.1) is 0 Å². The molecular weight excluding hydrogens is 204 g/mol. The van der Waals surface area contributed by atoms with Crippen LogP contribution in [0.15, 0.2) is 24.3 Å². The monoisotopic (exact) mass is 214 g/mol. The number of carbonyl (C=O) groups is 3. The second-order valence-electron chi connectivity index (χ2n) is 2.65. The van der Waals surface area contributed by atoms with Gasteiger partial charge in [0.1, 0.15) is 0 Å². The SMILES string of the molecule is C=C(C)C(=O)OOC(=O)OC(=O)C(=C)C. The number of hydrogen-bond acceptors (Lipinski definition) is 6. The molecular formula is C9H10O6. The van der Waals surface area contributed by atoms with Crippen molar-refractivity contribution in [3.8, 4) is 0 Å². The molecule has 0 heterocycles. The molecule has 0 spiro atoms. The summed E-state index contributed by atoms with van der Waals surface area (Å²) in [5.41, 5.74) is 0.0483. The molecule has 0 unspecified atom stereocenters. The van der Waals surface area contributed by atoms with Crippen LogP contribution in [0.4, 0.5) is 4.79 Å². The van der Waals surface area contributed by atoms with Gasteiger partial charge in [-0.2, -0.15) is 4.79 Å². The minimum atomic E-state index is -1.45. The van der Waals surface area contributed by atoms with Crippen molar-refractivity contribution in [1.82, 2.24) is 0 Å². The Morgan fingerprint density at radius 1 is 0.867 bits per heavy atom. The number of ether oxygens (including phenoxy) is 1. The summed E-state index contributed by atoms with van der Waals surface area (Å²) in [6.07, 6.45) is -1.45. The average molecular weight is 214 g/mol. The summed E-state index contributed by atoms with van der Waals surface area (Å²) in [5, 5.41) is 0. The maximum Gasteiger partial charge on any atom is 0.558 e. The topological polar surface area (TPSA) is 78.9 Å². The zero-order valence-electron chi connectivity index (χ0n) is 8.36. The maximum atomic E-state index is 10.8. The van der Waals surface area contributed by atoms with Gasteiger partial charge in [-0.05, 0) is 13.8 Å². The van der Waals surface area contributed by atoms with Crippen LogP contribution in [0.2, 0.25) is 0 Å². The molecule has 0 saturated carbocycles. The zero-order chi connectivity index (χ0) is 12.0. The van der Waals surface area contributed by atoms with Crippen molar-refractivity contribution >= 4 is 18.1 Å². The van der Waals surface area contributed by atoms with Crippen LogP contribution in [-0.4, -0.2) is 18.1 Å². The number of hydrogen-bond donors (Lipinski definition) is 0. The van der Waals surface area contributed by atoms with Crippen LogP contribution in [0.1, 0.15) is 13.8 Å². The fourth-order valence-electron chi connectivity index (χ4n) is 0.323. The van der Waals surface area contributed by atoms with Gasteiger partial charge in [-0.1, -0.05) is 13.2 Å². The molecule has 0 radical (unpaired) electrons. The van der Waals surface area contributed by atoms with E-state index in [1.165, 1.54) is 13.8 Å². The molecule has 0 saturated heterocycles. The minimum absolute atomic E-state index is 0.0122. The minimum Gasteiger partial charge on any atom is -0.354 e. The third-order valence-corrected chi connectivity index (χ3v) is 1.06. The lowest BCUT2D eigenvalue weighted by Crippen LogP contribution is -2.17. The van der Waals surface area contributed by atoms with Crippen LogP contribution in [0.5, 0.6) is 0 Å². The lowest BCUT2D eigenvalue weighted by Gasteiger charge is -2.02. The van der Waals surface area contributed by atoms with E-state index in [-0.39, 0.29) is 11.1 Å². The number of rotatable bonds is 2. The molecule has 0 aliphatic heterocycles. The molecule has 82 valence electrons. The summed E-state index contributed by atoms with van der Waals surface area (Å²) in [5.74, 6) is -1.90. The van der Waals surface area contributed by atoms with E-state index in [1.807, 2.05) is 0 Å². The van der Waals surface area contributed by atoms with Crippen molar-refractivity contribution in [2.75, 3.05) is 0 Å². The van der Waals surface area contributed by atoms with Gasteiger partial charge in [0.25, 0.3) is 0 Å². The van der Waals surface area contributed by atoms with E-state index in [9.17, 15) is 14.4 Å². The molecule has 0 aromatic heterocycles. The highest BCUT2D eigenvalue weighted by atomic mass is 17.2. The van der Waals surface area contributed by atoms with Gasteiger partial charge in [-0.3, -0.25) is 0 Å². The standard InChI is InChI=1S/C9H10O6/c1-5(2)7(10)13-9(12)15-14-8(11)6(3)4/h1,3H2,2,4H3. The second kappa shape index (κ2) is 5.58. The predicted molar refractivity (Wildman–Crippen MR) is 48.3 cm³/mol. The van der Waals surface area contributed by atoms with E-state index in [1.54, 1.807) is 0 Å². The second-order valence-corrected chi connectivity index (χ2v) is 2.65. The summed E-state index contributed by atoms with van der Waals surface area (Å²) in [7, 11) is 0. The Balaban J connectivity index is 3.96. The van der Waals surface area contributed by atoms with Crippen molar-refractivity contribution in [3.05, 3.63) is 24.3 Å². The van der Waals surface area contributed by atoms with Gasteiger partial charge in [-0.25, -0.2) is 19.4 Å². The van der Waals surface area contributed by atoms with Crippen molar-refractivity contribution in [2.24, 2.45) is 0 Å². The summed E-state index contributed by atoms with van der Waals surface area (Å²) in [6, 6.07) is 0. The third-order valence-electron chi connectivity index (χ3n) is 1.06. The Bertz CT molecular complexity index is 327. The van der Waals surface area contributed by atoms with Crippen LogP contribution in [-0.2, 0) is 24.1 Å². The van der Waals surface area contributed by atoms with Gasteiger partial charge in [0.15, 0.2) is 0 Å². The molecule has 6 heteroatoms. The van der Waals surface area contributed by atoms with Crippen molar-refractivity contribution in [3.63, 3.8) is 0 Å². The first-order valence-corrected chi connectivity index (χ1v) is 3.80. The Labute approximate surface area is 86.0 Å². The van der Waals surface area contributed by atoms with Gasteiger partial charge in [-0.15, -0.1) is 0 Å². The summed E-state index contributed by atoms with van der Waals surface area (Å²) >= 11 is 0. The smallest absolute Gasteiger partial charge is 0.354 e. The van der Waals surface area contributed by atoms with Crippen LogP contribution < -0.4 is 0 Å². The fourth-order valence-corrected chi connectivity index (χ4v) is 0.323. The van der Waals surface area contributed by atoms with E-state index in [4.69, 9.17) is 0 Å². The largest absolute Gasteiger partial charge is 0.558 e. The highest BCUT2D eigenvalue weighted by Crippen LogP contribution is 1.98. The van der Waals surface area contributed by atoms with Crippen LogP contribution >= 0.6 is 0 Å². The van der Waals surface area contributed by atoms with E-state index < -0.39 is 18.1 Å². The first-order valence-electron chi connectivity index (χ1n) is 3.80. The van der Waals surface area contributed by atoms with E-state index in [0.29, 0.717) is 0 Å². The summed E-state index contributed by atoms with van der Waals surface area (Å²) in [4.78, 5) is 39.9. The van der Waals surface area contributed by atoms with Gasteiger partial charge >= 0.3 is 18.1 Å². The van der Waals surface area contributed by atoms with E-state index in [2.05, 4.69) is 27.7 Å². The Hall–Kier alpha value is -2.11. The summed E-state index contributed by atoms with van der Waals surface area (Å²) < 4.78 is 4.04. The normalized spacial score (nSPS) is 8.67. The quantitative estimate of drug-likeness (QED) is 0.226. The lowest BCUT2D eigenvalue weighted by atomic mass is 10.4. The Morgan fingerprint density at radius 2 is 1.33 bits per heavy atom. The summed E-state index contributed by atoms with van der Waals surface area (Å²) in [6.45, 7) is 9.16. The molecule has 0 aliphatic rings. The average Bonchev–Trinajstić information content (AvgIpc) is 2.13. The molecule has 0 fully saturated rings. The number of carbonyl (C=O) groups excluding carboxylic acids is 3. The molecule has 0 N–H and O–H groups in total. The maximum absolute atomic E-state index is 10.8. The molecule has 0 rings (SSSR count). The van der Waals surface area contributed by atoms with Crippen LogP contribution in [0, 0.1) is 0 Å². The number of esters is 1. The first-order chi connectivity index (χ1) is 6.84. The van der Waals surface area contributed by atoms with E-state index in [0.717, 1.165) is 0 Å². The third kappa shape index (κ3) is 5.25. The first kappa shape index (κ1) is 12.9. The highest BCUT2D eigenvalue weighted by molar-refractivity contribution is 5.93. The molecule has 0 atom stereocenters. The van der Waals surface area contributed by atoms with Crippen LogP contribution in [0.3, 0.4) is 0 Å². The molecule has 0 amide bonds.